The van der Waals surface area contributed by atoms with Crippen molar-refractivity contribution in [3.63, 3.8) is 0 Å². The number of thiazole rings is 1. The summed E-state index contributed by atoms with van der Waals surface area (Å²) in [5.41, 5.74) is 1.65. The molecular formula is C19H18ClN3OS2. The SMILES string of the molecule is CSc1cccc2sc(N3CCN(C(=O)c4ccccc4Cl)CC3)nc12. The molecule has 3 aromatic rings. The van der Waals surface area contributed by atoms with Crippen molar-refractivity contribution in [1.29, 1.82) is 0 Å². The number of hydrogen-bond donors (Lipinski definition) is 0. The average Bonchev–Trinajstić information content (AvgIpc) is 3.12. The fourth-order valence-electron chi connectivity index (χ4n) is 3.12. The summed E-state index contributed by atoms with van der Waals surface area (Å²) in [5, 5.41) is 1.54. The normalized spacial score (nSPS) is 14.8. The highest BCUT2D eigenvalue weighted by atomic mass is 35.5. The Kier molecular flexibility index (Phi) is 5.07. The number of amides is 1. The van der Waals surface area contributed by atoms with Gasteiger partial charge in [0.25, 0.3) is 5.91 Å². The Morgan fingerprint density at radius 2 is 1.88 bits per heavy atom. The monoisotopic (exact) mass is 403 g/mol. The number of fused-ring (bicyclic) bond motifs is 1. The molecule has 0 unspecified atom stereocenters. The van der Waals surface area contributed by atoms with E-state index in [0.29, 0.717) is 23.7 Å². The first-order valence-electron chi connectivity index (χ1n) is 8.39. The summed E-state index contributed by atoms with van der Waals surface area (Å²) in [4.78, 5) is 22.9. The maximum Gasteiger partial charge on any atom is 0.255 e. The van der Waals surface area contributed by atoms with Gasteiger partial charge in [0.1, 0.15) is 0 Å². The van der Waals surface area contributed by atoms with Crippen LogP contribution in [0.15, 0.2) is 47.4 Å². The molecule has 0 saturated carbocycles. The van der Waals surface area contributed by atoms with Crippen LogP contribution in [0.5, 0.6) is 0 Å². The van der Waals surface area contributed by atoms with Gasteiger partial charge >= 0.3 is 0 Å². The minimum absolute atomic E-state index is 0.00391. The van der Waals surface area contributed by atoms with Crippen molar-refractivity contribution in [2.75, 3.05) is 37.3 Å². The fraction of sp³-hybridized carbons (Fsp3) is 0.263. The number of carbonyl (C=O) groups is 1. The highest BCUT2D eigenvalue weighted by Crippen LogP contribution is 2.34. The molecule has 26 heavy (non-hydrogen) atoms. The number of piperazine rings is 1. The van der Waals surface area contributed by atoms with Crippen LogP contribution >= 0.6 is 34.7 Å². The Hall–Kier alpha value is -1.76. The van der Waals surface area contributed by atoms with E-state index < -0.39 is 0 Å². The number of para-hydroxylation sites is 1. The van der Waals surface area contributed by atoms with Crippen molar-refractivity contribution in [3.05, 3.63) is 53.1 Å². The van der Waals surface area contributed by atoms with E-state index in [-0.39, 0.29) is 5.91 Å². The second kappa shape index (κ2) is 7.47. The van der Waals surface area contributed by atoms with E-state index in [4.69, 9.17) is 16.6 Å². The number of carbonyl (C=O) groups excluding carboxylic acids is 1. The first-order valence-corrected chi connectivity index (χ1v) is 10.8. The largest absolute Gasteiger partial charge is 0.345 e. The number of hydrogen-bond acceptors (Lipinski definition) is 5. The third-order valence-corrected chi connectivity index (χ3v) is 6.71. The van der Waals surface area contributed by atoms with Gasteiger partial charge in [-0.3, -0.25) is 4.79 Å². The summed E-state index contributed by atoms with van der Waals surface area (Å²) >= 11 is 9.61. The van der Waals surface area contributed by atoms with Crippen LogP contribution in [0, 0.1) is 0 Å². The molecule has 4 rings (SSSR count). The zero-order chi connectivity index (χ0) is 18.1. The molecule has 1 aromatic heterocycles. The zero-order valence-electron chi connectivity index (χ0n) is 14.3. The van der Waals surface area contributed by atoms with Crippen molar-refractivity contribution >= 4 is 56.0 Å². The fourth-order valence-corrected chi connectivity index (χ4v) is 5.01. The Bertz CT molecular complexity index is 951. The highest BCUT2D eigenvalue weighted by Gasteiger charge is 2.25. The van der Waals surface area contributed by atoms with Crippen LogP contribution in [0.25, 0.3) is 10.2 Å². The van der Waals surface area contributed by atoms with Gasteiger partial charge in [0, 0.05) is 31.1 Å². The van der Waals surface area contributed by atoms with Crippen LogP contribution in [0.3, 0.4) is 0 Å². The van der Waals surface area contributed by atoms with Crippen molar-refractivity contribution in [2.24, 2.45) is 0 Å². The number of anilines is 1. The minimum Gasteiger partial charge on any atom is -0.345 e. The maximum atomic E-state index is 12.7. The molecule has 2 aromatic carbocycles. The lowest BCUT2D eigenvalue weighted by Crippen LogP contribution is -2.48. The first kappa shape index (κ1) is 17.6. The van der Waals surface area contributed by atoms with E-state index in [0.717, 1.165) is 23.7 Å². The van der Waals surface area contributed by atoms with Crippen molar-refractivity contribution in [3.8, 4) is 0 Å². The second-order valence-corrected chi connectivity index (χ2v) is 8.33. The summed E-state index contributed by atoms with van der Waals surface area (Å²) < 4.78 is 1.21. The van der Waals surface area contributed by atoms with Gasteiger partial charge in [-0.25, -0.2) is 4.98 Å². The Morgan fingerprint density at radius 1 is 1.12 bits per heavy atom. The number of rotatable bonds is 3. The molecule has 0 radical (unpaired) electrons. The predicted octanol–water partition coefficient (Wildman–Crippen LogP) is 4.63. The first-order chi connectivity index (χ1) is 12.7. The molecule has 0 atom stereocenters. The van der Waals surface area contributed by atoms with Crippen LogP contribution in [-0.4, -0.2) is 48.2 Å². The topological polar surface area (TPSA) is 36.4 Å². The summed E-state index contributed by atoms with van der Waals surface area (Å²) in [6.07, 6.45) is 2.08. The lowest BCUT2D eigenvalue weighted by atomic mass is 10.2. The van der Waals surface area contributed by atoms with Gasteiger partial charge in [-0.05, 0) is 30.5 Å². The van der Waals surface area contributed by atoms with Gasteiger partial charge in [-0.1, -0.05) is 41.1 Å². The Balaban J connectivity index is 1.49. The van der Waals surface area contributed by atoms with Gasteiger partial charge in [0.2, 0.25) is 0 Å². The lowest BCUT2D eigenvalue weighted by Gasteiger charge is -2.34. The van der Waals surface area contributed by atoms with Crippen LogP contribution in [0.2, 0.25) is 5.02 Å². The Morgan fingerprint density at radius 3 is 2.62 bits per heavy atom. The molecule has 0 aliphatic carbocycles. The van der Waals surface area contributed by atoms with Crippen molar-refractivity contribution in [2.45, 2.75) is 4.90 Å². The summed E-state index contributed by atoms with van der Waals surface area (Å²) in [5.74, 6) is 0.00391. The van der Waals surface area contributed by atoms with Gasteiger partial charge in [-0.2, -0.15) is 0 Å². The molecule has 4 nitrogen and oxygen atoms in total. The molecule has 2 heterocycles. The molecule has 1 aliphatic heterocycles. The molecule has 1 aliphatic rings. The molecule has 0 N–H and O–H groups in total. The minimum atomic E-state index is 0.00391. The third kappa shape index (κ3) is 3.29. The third-order valence-electron chi connectivity index (χ3n) is 4.53. The number of halogens is 1. The molecule has 0 bridgehead atoms. The zero-order valence-corrected chi connectivity index (χ0v) is 16.7. The van der Waals surface area contributed by atoms with Crippen molar-refractivity contribution < 1.29 is 4.79 Å². The van der Waals surface area contributed by atoms with E-state index in [1.54, 1.807) is 35.2 Å². The van der Waals surface area contributed by atoms with Crippen LogP contribution < -0.4 is 4.90 Å². The maximum absolute atomic E-state index is 12.7. The second-order valence-electron chi connectivity index (χ2n) is 6.06. The smallest absolute Gasteiger partial charge is 0.255 e. The van der Waals surface area contributed by atoms with Gasteiger partial charge in [0.05, 0.1) is 20.8 Å². The van der Waals surface area contributed by atoms with Gasteiger partial charge in [-0.15, -0.1) is 11.8 Å². The van der Waals surface area contributed by atoms with Crippen LogP contribution in [0.4, 0.5) is 5.13 Å². The number of thioether (sulfide) groups is 1. The van der Waals surface area contributed by atoms with E-state index in [2.05, 4.69) is 29.4 Å². The Labute approximate surface area is 165 Å². The number of nitrogens with zero attached hydrogens (tertiary/aromatic N) is 3. The van der Waals surface area contributed by atoms with Crippen LogP contribution in [-0.2, 0) is 0 Å². The van der Waals surface area contributed by atoms with E-state index in [1.807, 2.05) is 17.0 Å². The quantitative estimate of drug-likeness (QED) is 0.597. The van der Waals surface area contributed by atoms with Gasteiger partial charge in [0.15, 0.2) is 5.13 Å². The molecule has 7 heteroatoms. The van der Waals surface area contributed by atoms with Crippen LogP contribution in [0.1, 0.15) is 10.4 Å². The van der Waals surface area contributed by atoms with E-state index in [1.165, 1.54) is 9.60 Å². The molecule has 0 spiro atoms. The van der Waals surface area contributed by atoms with Gasteiger partial charge < -0.3 is 9.80 Å². The predicted molar refractivity (Wildman–Crippen MR) is 111 cm³/mol. The highest BCUT2D eigenvalue weighted by molar-refractivity contribution is 7.98. The molecule has 1 amide bonds. The number of aromatic nitrogens is 1. The average molecular weight is 404 g/mol. The molecular weight excluding hydrogens is 386 g/mol. The van der Waals surface area contributed by atoms with Crippen molar-refractivity contribution in [1.82, 2.24) is 9.88 Å². The summed E-state index contributed by atoms with van der Waals surface area (Å²) in [7, 11) is 0. The molecule has 1 fully saturated rings. The molecule has 134 valence electrons. The standard InChI is InChI=1S/C19H18ClN3OS2/c1-25-15-7-4-8-16-17(15)21-19(26-16)23-11-9-22(10-12-23)18(24)13-5-2-3-6-14(13)20/h2-8H,9-12H2,1H3. The summed E-state index contributed by atoms with van der Waals surface area (Å²) in [6.45, 7) is 2.92. The lowest BCUT2D eigenvalue weighted by molar-refractivity contribution is 0.0747. The molecule has 1 saturated heterocycles. The summed E-state index contributed by atoms with van der Waals surface area (Å²) in [6, 6.07) is 13.5. The van der Waals surface area contributed by atoms with E-state index >= 15 is 0 Å². The van der Waals surface area contributed by atoms with E-state index in [9.17, 15) is 4.79 Å². The number of benzene rings is 2.